The summed E-state index contributed by atoms with van der Waals surface area (Å²) in [6.07, 6.45) is 7.00. The number of Topliss-reactive ketones (excluding diaryl/α,β-unsaturated/α-hetero) is 1. The number of ketones is 1. The first-order valence-electron chi connectivity index (χ1n) is 6.66. The van der Waals surface area contributed by atoms with E-state index < -0.39 is 0 Å². The molecule has 106 valence electrons. The average molecular weight is 294 g/mol. The van der Waals surface area contributed by atoms with Crippen molar-refractivity contribution in [2.45, 2.75) is 31.2 Å². The van der Waals surface area contributed by atoms with Crippen LogP contribution in [0.4, 0.5) is 4.39 Å². The number of halogens is 1. The summed E-state index contributed by atoms with van der Waals surface area (Å²) in [6, 6.07) is -0.229. The van der Waals surface area contributed by atoms with Crippen molar-refractivity contribution < 1.29 is 14.3 Å². The third kappa shape index (κ3) is 2.53. The summed E-state index contributed by atoms with van der Waals surface area (Å²) in [5.41, 5.74) is 0. The molecule has 20 heavy (non-hydrogen) atoms. The van der Waals surface area contributed by atoms with Gasteiger partial charge in [0.25, 0.3) is 0 Å². The van der Waals surface area contributed by atoms with Gasteiger partial charge in [0.15, 0.2) is 5.78 Å². The highest BCUT2D eigenvalue weighted by Crippen LogP contribution is 2.35. The van der Waals surface area contributed by atoms with Crippen molar-refractivity contribution >= 4 is 17.1 Å². The summed E-state index contributed by atoms with van der Waals surface area (Å²) >= 11 is 1.17. The predicted octanol–water partition coefficient (Wildman–Crippen LogP) is 2.68. The van der Waals surface area contributed by atoms with Crippen molar-refractivity contribution in [1.82, 2.24) is 10.3 Å². The van der Waals surface area contributed by atoms with Crippen LogP contribution in [0.3, 0.4) is 0 Å². The fourth-order valence-electron chi connectivity index (χ4n) is 2.53. The second-order valence-electron chi connectivity index (χ2n) is 5.01. The number of hydrogen-bond donors (Lipinski definition) is 2. The number of thiazole rings is 1. The summed E-state index contributed by atoms with van der Waals surface area (Å²) in [5.74, 6) is -0.845. The lowest BCUT2D eigenvalue weighted by Gasteiger charge is -2.10. The number of hydrogen-bond acceptors (Lipinski definition) is 5. The van der Waals surface area contributed by atoms with Crippen molar-refractivity contribution in [3.63, 3.8) is 0 Å². The van der Waals surface area contributed by atoms with Crippen LogP contribution in [0.15, 0.2) is 24.1 Å². The van der Waals surface area contributed by atoms with Crippen LogP contribution in [0.5, 0.6) is 5.88 Å². The Bertz CT molecular complexity index is 588. The number of aromatic nitrogens is 1. The monoisotopic (exact) mass is 294 g/mol. The topological polar surface area (TPSA) is 62.2 Å². The number of carbonyl (C=O) groups is 1. The Morgan fingerprint density at radius 2 is 2.40 bits per heavy atom. The van der Waals surface area contributed by atoms with Gasteiger partial charge in [0, 0.05) is 5.92 Å². The first kappa shape index (κ1) is 13.5. The summed E-state index contributed by atoms with van der Waals surface area (Å²) < 4.78 is 13.2. The van der Waals surface area contributed by atoms with Crippen LogP contribution in [0, 0.1) is 0 Å². The Hall–Kier alpha value is -1.53. The summed E-state index contributed by atoms with van der Waals surface area (Å²) in [5, 5.41) is 13.6. The van der Waals surface area contributed by atoms with Gasteiger partial charge in [0.1, 0.15) is 15.7 Å². The fourth-order valence-corrected chi connectivity index (χ4v) is 3.57. The molecule has 1 fully saturated rings. The number of rotatable bonds is 3. The SMILES string of the molecule is O=C(c1sc(C2C=C(F)C=CC2)nc1O)C1CCCN1. The molecule has 1 aromatic rings. The molecule has 1 aliphatic carbocycles. The Morgan fingerprint density at radius 3 is 3.10 bits per heavy atom. The third-order valence-electron chi connectivity index (χ3n) is 3.57. The summed E-state index contributed by atoms with van der Waals surface area (Å²) in [4.78, 5) is 16.6. The molecule has 6 heteroatoms. The van der Waals surface area contributed by atoms with Crippen LogP contribution in [0.25, 0.3) is 0 Å². The second-order valence-corrected chi connectivity index (χ2v) is 6.04. The number of nitrogens with zero attached hydrogens (tertiary/aromatic N) is 1. The molecule has 4 nitrogen and oxygen atoms in total. The molecule has 0 aromatic carbocycles. The van der Waals surface area contributed by atoms with E-state index in [2.05, 4.69) is 10.3 Å². The van der Waals surface area contributed by atoms with Crippen molar-refractivity contribution in [3.8, 4) is 5.88 Å². The van der Waals surface area contributed by atoms with E-state index in [0.717, 1.165) is 19.4 Å². The molecule has 2 N–H and O–H groups in total. The van der Waals surface area contributed by atoms with Gasteiger partial charge in [-0.2, -0.15) is 0 Å². The van der Waals surface area contributed by atoms with E-state index in [4.69, 9.17) is 0 Å². The van der Waals surface area contributed by atoms with E-state index in [9.17, 15) is 14.3 Å². The Balaban J connectivity index is 1.84. The molecule has 2 atom stereocenters. The molecule has 0 amide bonds. The van der Waals surface area contributed by atoms with Gasteiger partial charge in [-0.25, -0.2) is 9.37 Å². The highest BCUT2D eigenvalue weighted by Gasteiger charge is 2.29. The molecule has 0 bridgehead atoms. The molecule has 0 radical (unpaired) electrons. The van der Waals surface area contributed by atoms with Crippen molar-refractivity contribution in [2.24, 2.45) is 0 Å². The minimum absolute atomic E-state index is 0.112. The number of nitrogens with one attached hydrogen (secondary N) is 1. The minimum atomic E-state index is -0.304. The van der Waals surface area contributed by atoms with Gasteiger partial charge in [0.2, 0.25) is 5.88 Å². The van der Waals surface area contributed by atoms with Crippen LogP contribution in [0.1, 0.15) is 39.9 Å². The first-order chi connectivity index (χ1) is 9.65. The van der Waals surface area contributed by atoms with Crippen LogP contribution in [0.2, 0.25) is 0 Å². The highest BCUT2D eigenvalue weighted by molar-refractivity contribution is 7.14. The molecular weight excluding hydrogens is 279 g/mol. The highest BCUT2D eigenvalue weighted by atomic mass is 32.1. The molecule has 2 heterocycles. The molecular formula is C14H15FN2O2S. The molecule has 1 aromatic heterocycles. The number of allylic oxidation sites excluding steroid dienone is 4. The zero-order chi connectivity index (χ0) is 14.1. The molecule has 0 saturated carbocycles. The van der Waals surface area contributed by atoms with Crippen LogP contribution in [-0.4, -0.2) is 28.5 Å². The van der Waals surface area contributed by atoms with Crippen LogP contribution >= 0.6 is 11.3 Å². The summed E-state index contributed by atoms with van der Waals surface area (Å²) in [7, 11) is 0. The fraction of sp³-hybridized carbons (Fsp3) is 0.429. The standard InChI is InChI=1S/C14H15FN2O2S/c15-9-4-1-3-8(7-9)14-17-13(19)12(20-14)11(18)10-5-2-6-16-10/h1,4,7-8,10,16,19H,2-3,5-6H2. The Labute approximate surface area is 120 Å². The second kappa shape index (κ2) is 5.46. The lowest BCUT2D eigenvalue weighted by Crippen LogP contribution is -2.30. The molecule has 2 unspecified atom stereocenters. The third-order valence-corrected chi connectivity index (χ3v) is 4.76. The van der Waals surface area contributed by atoms with Gasteiger partial charge in [-0.3, -0.25) is 4.79 Å². The van der Waals surface area contributed by atoms with Gasteiger partial charge >= 0.3 is 0 Å². The quantitative estimate of drug-likeness (QED) is 0.841. The van der Waals surface area contributed by atoms with Crippen LogP contribution < -0.4 is 5.32 Å². The van der Waals surface area contributed by atoms with Gasteiger partial charge in [-0.05, 0) is 38.0 Å². The first-order valence-corrected chi connectivity index (χ1v) is 7.48. The van der Waals surface area contributed by atoms with E-state index in [1.807, 2.05) is 0 Å². The maximum atomic E-state index is 13.2. The zero-order valence-corrected chi connectivity index (χ0v) is 11.6. The molecule has 0 spiro atoms. The van der Waals surface area contributed by atoms with E-state index in [0.29, 0.717) is 11.4 Å². The molecule has 3 rings (SSSR count). The normalized spacial score (nSPS) is 25.8. The van der Waals surface area contributed by atoms with E-state index in [-0.39, 0.29) is 34.3 Å². The predicted molar refractivity (Wildman–Crippen MR) is 74.8 cm³/mol. The van der Waals surface area contributed by atoms with Gasteiger partial charge in [-0.1, -0.05) is 6.08 Å². The zero-order valence-electron chi connectivity index (χ0n) is 10.8. The van der Waals surface area contributed by atoms with Crippen molar-refractivity contribution in [3.05, 3.63) is 33.9 Å². The largest absolute Gasteiger partial charge is 0.492 e. The Morgan fingerprint density at radius 1 is 1.55 bits per heavy atom. The van der Waals surface area contributed by atoms with Crippen molar-refractivity contribution in [2.75, 3.05) is 6.54 Å². The number of aromatic hydroxyl groups is 1. The summed E-state index contributed by atoms with van der Waals surface area (Å²) in [6.45, 7) is 0.824. The minimum Gasteiger partial charge on any atom is -0.492 e. The lowest BCUT2D eigenvalue weighted by molar-refractivity contribution is 0.0953. The van der Waals surface area contributed by atoms with Gasteiger partial charge in [0.05, 0.1) is 6.04 Å². The van der Waals surface area contributed by atoms with Crippen molar-refractivity contribution in [1.29, 1.82) is 0 Å². The number of carbonyl (C=O) groups excluding carboxylic acids is 1. The molecule has 1 saturated heterocycles. The smallest absolute Gasteiger partial charge is 0.233 e. The molecule has 1 aliphatic heterocycles. The van der Waals surface area contributed by atoms with E-state index in [1.165, 1.54) is 23.5 Å². The van der Waals surface area contributed by atoms with Crippen LogP contribution in [-0.2, 0) is 0 Å². The van der Waals surface area contributed by atoms with Gasteiger partial charge < -0.3 is 10.4 Å². The van der Waals surface area contributed by atoms with Gasteiger partial charge in [-0.15, -0.1) is 11.3 Å². The maximum Gasteiger partial charge on any atom is 0.233 e. The van der Waals surface area contributed by atoms with E-state index >= 15 is 0 Å². The lowest BCUT2D eigenvalue weighted by atomic mass is 10.0. The Kier molecular flexibility index (Phi) is 3.67. The molecule has 2 aliphatic rings. The maximum absolute atomic E-state index is 13.2. The average Bonchev–Trinajstić information content (AvgIpc) is 3.07. The van der Waals surface area contributed by atoms with E-state index in [1.54, 1.807) is 6.08 Å².